The molecule has 4 heteroatoms. The maximum absolute atomic E-state index is 5.95. The summed E-state index contributed by atoms with van der Waals surface area (Å²) in [4.78, 5) is 3.52. The van der Waals surface area contributed by atoms with E-state index in [0.717, 1.165) is 24.0 Å². The highest BCUT2D eigenvalue weighted by Crippen LogP contribution is 2.24. The third-order valence-corrected chi connectivity index (χ3v) is 4.19. The van der Waals surface area contributed by atoms with Crippen molar-refractivity contribution in [1.82, 2.24) is 5.32 Å². The van der Waals surface area contributed by atoms with Gasteiger partial charge in [-0.05, 0) is 36.4 Å². The van der Waals surface area contributed by atoms with Crippen LogP contribution < -0.4 is 10.2 Å². The van der Waals surface area contributed by atoms with Crippen molar-refractivity contribution in [1.29, 1.82) is 0 Å². The van der Waals surface area contributed by atoms with Crippen LogP contribution in [0.15, 0.2) is 36.4 Å². The van der Waals surface area contributed by atoms with Gasteiger partial charge in [-0.15, -0.1) is 11.3 Å². The molecule has 1 heterocycles. The van der Waals surface area contributed by atoms with Crippen molar-refractivity contribution < 1.29 is 0 Å². The highest BCUT2D eigenvalue weighted by atomic mass is 35.5. The van der Waals surface area contributed by atoms with Gasteiger partial charge in [-0.3, -0.25) is 0 Å². The molecule has 102 valence electrons. The van der Waals surface area contributed by atoms with Crippen LogP contribution in [-0.4, -0.2) is 13.6 Å². The molecule has 2 rings (SSSR count). The normalized spacial score (nSPS) is 10.7. The molecule has 1 aromatic heterocycles. The van der Waals surface area contributed by atoms with Crippen molar-refractivity contribution in [2.45, 2.75) is 20.0 Å². The van der Waals surface area contributed by atoms with Crippen LogP contribution in [0.1, 0.15) is 17.4 Å². The third-order valence-electron chi connectivity index (χ3n) is 2.98. The quantitative estimate of drug-likeness (QED) is 0.861. The molecule has 0 aliphatic heterocycles. The molecule has 2 aromatic rings. The zero-order valence-electron chi connectivity index (χ0n) is 11.3. The predicted molar refractivity (Wildman–Crippen MR) is 85.3 cm³/mol. The van der Waals surface area contributed by atoms with Gasteiger partial charge in [-0.1, -0.05) is 30.7 Å². The second-order valence-electron chi connectivity index (χ2n) is 4.51. The molecular formula is C15H19ClN2S. The Balaban J connectivity index is 1.97. The predicted octanol–water partition coefficient (Wildman–Crippen LogP) is 4.15. The summed E-state index contributed by atoms with van der Waals surface area (Å²) >= 11 is 7.59. The van der Waals surface area contributed by atoms with Crippen LogP contribution in [-0.2, 0) is 13.1 Å². The number of halogens is 1. The van der Waals surface area contributed by atoms with Crippen LogP contribution in [0.4, 0.5) is 5.69 Å². The number of anilines is 1. The molecule has 0 aliphatic carbocycles. The van der Waals surface area contributed by atoms with E-state index in [1.54, 1.807) is 11.3 Å². The SMILES string of the molecule is CCNCc1ccc(N(C)Cc2ccc(Cl)s2)cc1. The highest BCUT2D eigenvalue weighted by Gasteiger charge is 2.04. The number of nitrogens with zero attached hydrogens (tertiary/aromatic N) is 1. The van der Waals surface area contributed by atoms with Crippen molar-refractivity contribution in [3.63, 3.8) is 0 Å². The molecular weight excluding hydrogens is 276 g/mol. The van der Waals surface area contributed by atoms with Crippen LogP contribution in [0.5, 0.6) is 0 Å². The van der Waals surface area contributed by atoms with E-state index in [1.165, 1.54) is 16.1 Å². The summed E-state index contributed by atoms with van der Waals surface area (Å²) in [5.41, 5.74) is 2.54. The fourth-order valence-corrected chi connectivity index (χ4v) is 3.04. The minimum atomic E-state index is 0.851. The van der Waals surface area contributed by atoms with Gasteiger partial charge in [0, 0.05) is 24.2 Å². The summed E-state index contributed by atoms with van der Waals surface area (Å²) in [6.07, 6.45) is 0. The van der Waals surface area contributed by atoms with Gasteiger partial charge in [0.2, 0.25) is 0 Å². The molecule has 0 amide bonds. The molecule has 0 atom stereocenters. The Bertz CT molecular complexity index is 507. The summed E-state index contributed by atoms with van der Waals surface area (Å²) in [6, 6.07) is 12.7. The molecule has 0 fully saturated rings. The van der Waals surface area contributed by atoms with Crippen LogP contribution in [0.2, 0.25) is 4.34 Å². The lowest BCUT2D eigenvalue weighted by atomic mass is 10.2. The largest absolute Gasteiger partial charge is 0.369 e. The first kappa shape index (κ1) is 14.4. The molecule has 0 spiro atoms. The van der Waals surface area contributed by atoms with Crippen molar-refractivity contribution in [3.05, 3.63) is 51.2 Å². The maximum Gasteiger partial charge on any atom is 0.0931 e. The summed E-state index contributed by atoms with van der Waals surface area (Å²) < 4.78 is 0.851. The lowest BCUT2D eigenvalue weighted by Crippen LogP contribution is -2.16. The summed E-state index contributed by atoms with van der Waals surface area (Å²) in [5, 5.41) is 3.33. The summed E-state index contributed by atoms with van der Waals surface area (Å²) in [6.45, 7) is 4.94. The second kappa shape index (κ2) is 6.94. The fraction of sp³-hybridized carbons (Fsp3) is 0.333. The lowest BCUT2D eigenvalue weighted by molar-refractivity contribution is 0.727. The molecule has 0 unspecified atom stereocenters. The van der Waals surface area contributed by atoms with Gasteiger partial charge in [-0.25, -0.2) is 0 Å². The third kappa shape index (κ3) is 4.23. The van der Waals surface area contributed by atoms with Gasteiger partial charge in [0.1, 0.15) is 0 Å². The fourth-order valence-electron chi connectivity index (χ4n) is 1.90. The Labute approximate surface area is 124 Å². The van der Waals surface area contributed by atoms with Crippen molar-refractivity contribution in [2.75, 3.05) is 18.5 Å². The Hall–Kier alpha value is -1.03. The molecule has 0 saturated heterocycles. The minimum absolute atomic E-state index is 0.851. The Morgan fingerprint density at radius 3 is 2.47 bits per heavy atom. The number of rotatable bonds is 6. The minimum Gasteiger partial charge on any atom is -0.369 e. The molecule has 2 nitrogen and oxygen atoms in total. The van der Waals surface area contributed by atoms with E-state index in [2.05, 4.69) is 54.5 Å². The van der Waals surface area contributed by atoms with Crippen LogP contribution >= 0.6 is 22.9 Å². The smallest absolute Gasteiger partial charge is 0.0931 e. The molecule has 0 saturated carbocycles. The van der Waals surface area contributed by atoms with E-state index in [4.69, 9.17) is 11.6 Å². The first-order valence-corrected chi connectivity index (χ1v) is 7.63. The monoisotopic (exact) mass is 294 g/mol. The van der Waals surface area contributed by atoms with Gasteiger partial charge < -0.3 is 10.2 Å². The van der Waals surface area contributed by atoms with E-state index in [0.29, 0.717) is 0 Å². The average Bonchev–Trinajstić information content (AvgIpc) is 2.82. The van der Waals surface area contributed by atoms with E-state index in [9.17, 15) is 0 Å². The van der Waals surface area contributed by atoms with Gasteiger partial charge in [0.15, 0.2) is 0 Å². The Morgan fingerprint density at radius 2 is 1.89 bits per heavy atom. The van der Waals surface area contributed by atoms with Gasteiger partial charge >= 0.3 is 0 Å². The molecule has 0 aliphatic rings. The standard InChI is InChI=1S/C15H19ClN2S/c1-3-17-10-12-4-6-13(7-5-12)18(2)11-14-8-9-15(16)19-14/h4-9,17H,3,10-11H2,1-2H3. The van der Waals surface area contributed by atoms with E-state index in [-0.39, 0.29) is 0 Å². The van der Waals surface area contributed by atoms with Crippen LogP contribution in [0.3, 0.4) is 0 Å². The number of nitrogens with one attached hydrogen (secondary N) is 1. The van der Waals surface area contributed by atoms with Gasteiger partial charge in [0.25, 0.3) is 0 Å². The van der Waals surface area contributed by atoms with Crippen molar-refractivity contribution in [2.24, 2.45) is 0 Å². The zero-order valence-corrected chi connectivity index (χ0v) is 12.9. The van der Waals surface area contributed by atoms with Crippen molar-refractivity contribution in [3.8, 4) is 0 Å². The van der Waals surface area contributed by atoms with Crippen molar-refractivity contribution >= 4 is 28.6 Å². The first-order valence-electron chi connectivity index (χ1n) is 6.44. The van der Waals surface area contributed by atoms with Gasteiger partial charge in [0.05, 0.1) is 10.9 Å². The van der Waals surface area contributed by atoms with E-state index in [1.807, 2.05) is 6.07 Å². The molecule has 0 bridgehead atoms. The van der Waals surface area contributed by atoms with Crippen LogP contribution in [0, 0.1) is 0 Å². The van der Waals surface area contributed by atoms with E-state index >= 15 is 0 Å². The van der Waals surface area contributed by atoms with Gasteiger partial charge in [-0.2, -0.15) is 0 Å². The number of hydrogen-bond acceptors (Lipinski definition) is 3. The topological polar surface area (TPSA) is 15.3 Å². The lowest BCUT2D eigenvalue weighted by Gasteiger charge is -2.18. The Morgan fingerprint density at radius 1 is 1.16 bits per heavy atom. The number of benzene rings is 1. The molecule has 1 aromatic carbocycles. The maximum atomic E-state index is 5.95. The molecule has 1 N–H and O–H groups in total. The zero-order chi connectivity index (χ0) is 13.7. The molecule has 0 radical (unpaired) electrons. The average molecular weight is 295 g/mol. The molecule has 19 heavy (non-hydrogen) atoms. The number of thiophene rings is 1. The summed E-state index contributed by atoms with van der Waals surface area (Å²) in [5.74, 6) is 0. The Kier molecular flexibility index (Phi) is 5.25. The number of hydrogen-bond donors (Lipinski definition) is 1. The summed E-state index contributed by atoms with van der Waals surface area (Å²) in [7, 11) is 2.10. The first-order chi connectivity index (χ1) is 9.19. The van der Waals surface area contributed by atoms with Crippen LogP contribution in [0.25, 0.3) is 0 Å². The second-order valence-corrected chi connectivity index (χ2v) is 6.31. The highest BCUT2D eigenvalue weighted by molar-refractivity contribution is 7.16. The van der Waals surface area contributed by atoms with E-state index < -0.39 is 0 Å².